The lowest BCUT2D eigenvalue weighted by atomic mass is 10.2. The first-order chi connectivity index (χ1) is 9.92. The molecule has 0 aliphatic rings. The number of carbonyl (C=O) groups excluding carboxylic acids is 1. The highest BCUT2D eigenvalue weighted by molar-refractivity contribution is 7.89. The minimum absolute atomic E-state index is 0.0651. The summed E-state index contributed by atoms with van der Waals surface area (Å²) >= 11 is 11.4. The molecular formula is C13H17Cl2NO5S. The molecule has 22 heavy (non-hydrogen) atoms. The zero-order valence-electron chi connectivity index (χ0n) is 12.3. The first-order valence-electron chi connectivity index (χ1n) is 6.32. The number of rotatable bonds is 5. The van der Waals surface area contributed by atoms with Crippen LogP contribution in [-0.2, 0) is 19.6 Å². The molecule has 0 aliphatic carbocycles. The number of nitrogens with one attached hydrogen (secondary N) is 1. The quantitative estimate of drug-likeness (QED) is 0.778. The molecule has 0 heterocycles. The zero-order valence-corrected chi connectivity index (χ0v) is 14.6. The second-order valence-corrected chi connectivity index (χ2v) is 8.05. The summed E-state index contributed by atoms with van der Waals surface area (Å²) < 4.78 is 31.4. The molecule has 0 spiro atoms. The van der Waals surface area contributed by atoms with E-state index < -0.39 is 32.2 Å². The molecular weight excluding hydrogens is 353 g/mol. The molecule has 2 N–H and O–H groups in total. The van der Waals surface area contributed by atoms with Crippen LogP contribution in [0, 0.1) is 0 Å². The van der Waals surface area contributed by atoms with E-state index in [-0.39, 0.29) is 23.0 Å². The Bertz CT molecular complexity index is 668. The molecule has 1 aromatic carbocycles. The lowest BCUT2D eigenvalue weighted by Crippen LogP contribution is -2.29. The van der Waals surface area contributed by atoms with Gasteiger partial charge < -0.3 is 9.84 Å². The molecule has 6 nitrogen and oxygen atoms in total. The van der Waals surface area contributed by atoms with Gasteiger partial charge >= 0.3 is 5.97 Å². The van der Waals surface area contributed by atoms with Gasteiger partial charge in [-0.3, -0.25) is 4.79 Å². The van der Waals surface area contributed by atoms with Crippen molar-refractivity contribution in [2.24, 2.45) is 0 Å². The van der Waals surface area contributed by atoms with Crippen LogP contribution in [0.1, 0.15) is 27.2 Å². The van der Waals surface area contributed by atoms with Crippen molar-refractivity contribution in [3.63, 3.8) is 0 Å². The fraction of sp³-hybridized carbons (Fsp3) is 0.462. The number of sulfonamides is 1. The maximum absolute atomic E-state index is 12.1. The number of hydrogen-bond acceptors (Lipinski definition) is 5. The Hall–Kier alpha value is -1.02. The number of phenolic OH excluding ortho intramolecular Hbond substituents is 1. The van der Waals surface area contributed by atoms with Crippen LogP contribution in [0.5, 0.6) is 5.75 Å². The highest BCUT2D eigenvalue weighted by atomic mass is 35.5. The molecule has 0 radical (unpaired) electrons. The van der Waals surface area contributed by atoms with Gasteiger partial charge in [0.25, 0.3) is 0 Å². The largest absolute Gasteiger partial charge is 0.505 e. The number of phenols is 1. The smallest absolute Gasteiger partial charge is 0.307 e. The number of halogens is 2. The fourth-order valence-electron chi connectivity index (χ4n) is 1.50. The van der Waals surface area contributed by atoms with Crippen LogP contribution in [0.3, 0.4) is 0 Å². The Morgan fingerprint density at radius 1 is 1.32 bits per heavy atom. The number of carbonyl (C=O) groups is 1. The van der Waals surface area contributed by atoms with E-state index in [1.165, 1.54) is 6.07 Å². The van der Waals surface area contributed by atoms with Crippen LogP contribution in [0.25, 0.3) is 0 Å². The Kier molecular flexibility index (Phi) is 6.09. The monoisotopic (exact) mass is 369 g/mol. The third-order valence-electron chi connectivity index (χ3n) is 2.32. The van der Waals surface area contributed by atoms with Gasteiger partial charge in [-0.2, -0.15) is 0 Å². The molecule has 1 rings (SSSR count). The number of ether oxygens (including phenoxy) is 1. The Morgan fingerprint density at radius 3 is 2.45 bits per heavy atom. The van der Waals surface area contributed by atoms with E-state index in [4.69, 9.17) is 27.9 Å². The SMILES string of the molecule is CC(C)(C)OC(=O)CCNS(=O)(=O)c1cc(Cl)cc(Cl)c1O. The summed E-state index contributed by atoms with van der Waals surface area (Å²) in [5.74, 6) is -1.14. The van der Waals surface area contributed by atoms with Crippen LogP contribution in [0.4, 0.5) is 0 Å². The van der Waals surface area contributed by atoms with E-state index in [0.29, 0.717) is 0 Å². The van der Waals surface area contributed by atoms with Crippen LogP contribution >= 0.6 is 23.2 Å². The van der Waals surface area contributed by atoms with E-state index >= 15 is 0 Å². The second-order valence-electron chi connectivity index (χ2n) is 5.47. The maximum atomic E-state index is 12.1. The topological polar surface area (TPSA) is 92.7 Å². The van der Waals surface area contributed by atoms with Crippen LogP contribution in [-0.4, -0.2) is 31.6 Å². The Morgan fingerprint density at radius 2 is 1.91 bits per heavy atom. The van der Waals surface area contributed by atoms with Gasteiger partial charge in [0.05, 0.1) is 11.4 Å². The summed E-state index contributed by atoms with van der Waals surface area (Å²) in [4.78, 5) is 11.1. The predicted molar refractivity (Wildman–Crippen MR) is 83.8 cm³/mol. The minimum atomic E-state index is -4.05. The maximum Gasteiger partial charge on any atom is 0.307 e. The lowest BCUT2D eigenvalue weighted by Gasteiger charge is -2.19. The van der Waals surface area contributed by atoms with Gasteiger partial charge in [0.1, 0.15) is 10.5 Å². The molecule has 0 fully saturated rings. The van der Waals surface area contributed by atoms with Crippen molar-refractivity contribution in [3.8, 4) is 5.75 Å². The van der Waals surface area contributed by atoms with Crippen molar-refractivity contribution in [1.29, 1.82) is 0 Å². The summed E-state index contributed by atoms with van der Waals surface area (Å²) in [6, 6.07) is 2.29. The van der Waals surface area contributed by atoms with E-state index in [2.05, 4.69) is 4.72 Å². The van der Waals surface area contributed by atoms with E-state index in [0.717, 1.165) is 6.07 Å². The molecule has 0 amide bonds. The summed E-state index contributed by atoms with van der Waals surface area (Å²) in [6.45, 7) is 4.95. The zero-order chi connectivity index (χ0) is 17.1. The van der Waals surface area contributed by atoms with Gasteiger partial charge in [0, 0.05) is 11.6 Å². The van der Waals surface area contributed by atoms with Crippen LogP contribution < -0.4 is 4.72 Å². The van der Waals surface area contributed by atoms with Gasteiger partial charge in [-0.15, -0.1) is 0 Å². The van der Waals surface area contributed by atoms with Crippen molar-refractivity contribution in [1.82, 2.24) is 4.72 Å². The van der Waals surface area contributed by atoms with E-state index in [9.17, 15) is 18.3 Å². The average Bonchev–Trinajstić information content (AvgIpc) is 2.30. The van der Waals surface area contributed by atoms with Gasteiger partial charge in [0.2, 0.25) is 10.0 Å². The molecule has 9 heteroatoms. The van der Waals surface area contributed by atoms with Crippen molar-refractivity contribution < 1.29 is 23.1 Å². The third kappa shape index (κ3) is 5.64. The van der Waals surface area contributed by atoms with Gasteiger partial charge in [-0.05, 0) is 32.9 Å². The normalized spacial score (nSPS) is 12.2. The number of hydrogen-bond donors (Lipinski definition) is 2. The van der Waals surface area contributed by atoms with Gasteiger partial charge in [-0.1, -0.05) is 23.2 Å². The third-order valence-corrected chi connectivity index (χ3v) is 4.30. The Labute approximate surface area is 139 Å². The Balaban J connectivity index is 2.76. The minimum Gasteiger partial charge on any atom is -0.505 e. The van der Waals surface area contributed by atoms with Crippen molar-refractivity contribution >= 4 is 39.2 Å². The highest BCUT2D eigenvalue weighted by Gasteiger charge is 2.22. The lowest BCUT2D eigenvalue weighted by molar-refractivity contribution is -0.154. The molecule has 0 unspecified atom stereocenters. The molecule has 0 bridgehead atoms. The standard InChI is InChI=1S/C13H17Cl2NO5S/c1-13(2,3)21-11(17)4-5-16-22(19,20)10-7-8(14)6-9(15)12(10)18/h6-7,16,18H,4-5H2,1-3H3. The van der Waals surface area contributed by atoms with Crippen molar-refractivity contribution in [2.75, 3.05) is 6.54 Å². The number of esters is 1. The first kappa shape index (κ1) is 19.0. The van der Waals surface area contributed by atoms with E-state index in [1.807, 2.05) is 0 Å². The molecule has 1 aromatic rings. The van der Waals surface area contributed by atoms with Crippen LogP contribution in [0.2, 0.25) is 10.0 Å². The number of benzene rings is 1. The van der Waals surface area contributed by atoms with Gasteiger partial charge in [0.15, 0.2) is 5.75 Å². The average molecular weight is 370 g/mol. The van der Waals surface area contributed by atoms with Crippen molar-refractivity contribution in [3.05, 3.63) is 22.2 Å². The molecule has 0 saturated carbocycles. The van der Waals surface area contributed by atoms with Crippen LogP contribution in [0.15, 0.2) is 17.0 Å². The molecule has 0 aliphatic heterocycles. The highest BCUT2D eigenvalue weighted by Crippen LogP contribution is 2.33. The summed E-state index contributed by atoms with van der Waals surface area (Å²) in [5.41, 5.74) is -0.644. The first-order valence-corrected chi connectivity index (χ1v) is 8.56. The van der Waals surface area contributed by atoms with Crippen molar-refractivity contribution in [2.45, 2.75) is 37.7 Å². The van der Waals surface area contributed by atoms with E-state index in [1.54, 1.807) is 20.8 Å². The summed E-state index contributed by atoms with van der Waals surface area (Å²) in [7, 11) is -4.05. The summed E-state index contributed by atoms with van der Waals surface area (Å²) in [5, 5.41) is 9.60. The molecule has 124 valence electrons. The number of aromatic hydroxyl groups is 1. The second kappa shape index (κ2) is 7.04. The summed E-state index contributed by atoms with van der Waals surface area (Å²) in [6.07, 6.45) is -0.147. The predicted octanol–water partition coefficient (Wildman–Crippen LogP) is 2.71. The van der Waals surface area contributed by atoms with Gasteiger partial charge in [-0.25, -0.2) is 13.1 Å². The molecule has 0 atom stereocenters. The molecule has 0 aromatic heterocycles. The molecule has 0 saturated heterocycles. The fourth-order valence-corrected chi connectivity index (χ4v) is 3.29.